The molecule has 1 aromatic rings. The van der Waals surface area contributed by atoms with Gasteiger partial charge in [0.1, 0.15) is 0 Å². The summed E-state index contributed by atoms with van der Waals surface area (Å²) in [6.07, 6.45) is -0.616. The van der Waals surface area contributed by atoms with Crippen LogP contribution in [0.2, 0.25) is 0 Å². The van der Waals surface area contributed by atoms with Crippen molar-refractivity contribution in [2.45, 2.75) is 39.3 Å². The molecule has 4 nitrogen and oxygen atoms in total. The minimum absolute atomic E-state index is 0.198. The maximum absolute atomic E-state index is 11.9. The number of aliphatic hydroxyl groups excluding tert-OH is 1. The molecule has 0 aromatic carbocycles. The van der Waals surface area contributed by atoms with E-state index in [-0.39, 0.29) is 5.91 Å². The maximum atomic E-state index is 11.9. The summed E-state index contributed by atoms with van der Waals surface area (Å²) in [5, 5.41) is 12.3. The van der Waals surface area contributed by atoms with E-state index in [4.69, 9.17) is 5.73 Å². The van der Waals surface area contributed by atoms with E-state index in [9.17, 15) is 9.90 Å². The van der Waals surface area contributed by atoms with Crippen LogP contribution in [-0.4, -0.2) is 22.7 Å². The molecule has 1 atom stereocenters. The summed E-state index contributed by atoms with van der Waals surface area (Å²) >= 11 is 1.36. The quantitative estimate of drug-likeness (QED) is 0.752. The molecule has 0 saturated carbocycles. The van der Waals surface area contributed by atoms with E-state index in [1.54, 1.807) is 26.8 Å². The SMILES string of the molecule is Cc1sc(C(=O)NC(C)(C)C(C)O)cc1N. The summed E-state index contributed by atoms with van der Waals surface area (Å²) in [5.74, 6) is -0.198. The van der Waals surface area contributed by atoms with Crippen LogP contribution in [0.1, 0.15) is 35.3 Å². The molecule has 0 aliphatic carbocycles. The van der Waals surface area contributed by atoms with Crippen LogP contribution in [0.3, 0.4) is 0 Å². The van der Waals surface area contributed by atoms with Crippen LogP contribution >= 0.6 is 11.3 Å². The second kappa shape index (κ2) is 4.43. The molecule has 16 heavy (non-hydrogen) atoms. The highest BCUT2D eigenvalue weighted by Gasteiger charge is 2.27. The third-order valence-corrected chi connectivity index (χ3v) is 3.73. The van der Waals surface area contributed by atoms with E-state index in [2.05, 4.69) is 5.32 Å². The molecule has 0 spiro atoms. The van der Waals surface area contributed by atoms with Gasteiger partial charge in [0, 0.05) is 10.6 Å². The van der Waals surface area contributed by atoms with Gasteiger partial charge in [-0.05, 0) is 33.8 Å². The number of amides is 1. The molecule has 4 N–H and O–H groups in total. The minimum Gasteiger partial charge on any atom is -0.398 e. The molecule has 0 bridgehead atoms. The average Bonchev–Trinajstić information content (AvgIpc) is 2.46. The molecular formula is C11H18N2O2S. The second-order valence-corrected chi connectivity index (χ2v) is 5.73. The van der Waals surface area contributed by atoms with E-state index >= 15 is 0 Å². The van der Waals surface area contributed by atoms with Crippen molar-refractivity contribution in [2.75, 3.05) is 5.73 Å². The van der Waals surface area contributed by atoms with Crippen molar-refractivity contribution in [3.8, 4) is 0 Å². The maximum Gasteiger partial charge on any atom is 0.261 e. The van der Waals surface area contributed by atoms with E-state index in [0.29, 0.717) is 10.6 Å². The molecule has 0 aliphatic heterocycles. The minimum atomic E-state index is -0.649. The van der Waals surface area contributed by atoms with Crippen molar-refractivity contribution in [2.24, 2.45) is 0 Å². The lowest BCUT2D eigenvalue weighted by Crippen LogP contribution is -2.50. The molecule has 0 aliphatic rings. The van der Waals surface area contributed by atoms with Crippen molar-refractivity contribution in [3.63, 3.8) is 0 Å². The fourth-order valence-electron chi connectivity index (χ4n) is 1.07. The summed E-state index contributed by atoms with van der Waals surface area (Å²) in [6, 6.07) is 1.66. The number of nitrogen functional groups attached to an aromatic ring is 1. The Morgan fingerprint density at radius 1 is 1.62 bits per heavy atom. The number of rotatable bonds is 3. The number of nitrogens with one attached hydrogen (secondary N) is 1. The van der Waals surface area contributed by atoms with E-state index in [0.717, 1.165) is 4.88 Å². The van der Waals surface area contributed by atoms with E-state index in [1.807, 2.05) is 6.92 Å². The number of anilines is 1. The van der Waals surface area contributed by atoms with Gasteiger partial charge in [0.2, 0.25) is 0 Å². The number of hydrogen-bond donors (Lipinski definition) is 3. The number of thiophene rings is 1. The molecular weight excluding hydrogens is 224 g/mol. The molecule has 0 fully saturated rings. The topological polar surface area (TPSA) is 75.3 Å². The lowest BCUT2D eigenvalue weighted by atomic mass is 9.99. The highest BCUT2D eigenvalue weighted by molar-refractivity contribution is 7.14. The Morgan fingerprint density at radius 3 is 2.56 bits per heavy atom. The van der Waals surface area contributed by atoms with Crippen molar-refractivity contribution in [3.05, 3.63) is 15.8 Å². The van der Waals surface area contributed by atoms with Gasteiger partial charge in [-0.3, -0.25) is 4.79 Å². The summed E-state index contributed by atoms with van der Waals surface area (Å²) in [5.41, 5.74) is 5.66. The van der Waals surface area contributed by atoms with Gasteiger partial charge in [0.15, 0.2) is 0 Å². The van der Waals surface area contributed by atoms with Gasteiger partial charge in [0.05, 0.1) is 16.5 Å². The van der Waals surface area contributed by atoms with Crippen LogP contribution in [-0.2, 0) is 0 Å². The zero-order valence-corrected chi connectivity index (χ0v) is 10.8. The Kier molecular flexibility index (Phi) is 3.60. The van der Waals surface area contributed by atoms with Crippen molar-refractivity contribution < 1.29 is 9.90 Å². The molecule has 1 amide bonds. The van der Waals surface area contributed by atoms with Gasteiger partial charge in [-0.2, -0.15) is 0 Å². The van der Waals surface area contributed by atoms with Crippen LogP contribution < -0.4 is 11.1 Å². The third-order valence-electron chi connectivity index (χ3n) is 2.66. The molecule has 1 unspecified atom stereocenters. The van der Waals surface area contributed by atoms with Crippen LogP contribution in [0.4, 0.5) is 5.69 Å². The number of hydrogen-bond acceptors (Lipinski definition) is 4. The van der Waals surface area contributed by atoms with Gasteiger partial charge in [-0.1, -0.05) is 0 Å². The molecule has 1 rings (SSSR count). The first-order valence-electron chi connectivity index (χ1n) is 5.10. The normalized spacial score (nSPS) is 13.6. The third kappa shape index (κ3) is 2.74. The zero-order chi connectivity index (χ0) is 12.5. The summed E-state index contributed by atoms with van der Waals surface area (Å²) in [6.45, 7) is 7.07. The Bertz CT molecular complexity index is 377. The number of aliphatic hydroxyl groups is 1. The van der Waals surface area contributed by atoms with Gasteiger partial charge in [-0.25, -0.2) is 0 Å². The van der Waals surface area contributed by atoms with Crippen LogP contribution in [0.5, 0.6) is 0 Å². The first-order valence-corrected chi connectivity index (χ1v) is 5.92. The molecule has 1 heterocycles. The van der Waals surface area contributed by atoms with E-state index < -0.39 is 11.6 Å². The Labute approximate surface area is 99.5 Å². The summed E-state index contributed by atoms with van der Waals surface area (Å²) < 4.78 is 0. The van der Waals surface area contributed by atoms with Gasteiger partial charge < -0.3 is 16.2 Å². The first-order chi connectivity index (χ1) is 7.24. The Morgan fingerprint density at radius 2 is 2.19 bits per heavy atom. The first kappa shape index (κ1) is 13.0. The highest BCUT2D eigenvalue weighted by atomic mass is 32.1. The average molecular weight is 242 g/mol. The summed E-state index contributed by atoms with van der Waals surface area (Å²) in [4.78, 5) is 13.4. The van der Waals surface area contributed by atoms with Crippen molar-refractivity contribution >= 4 is 22.9 Å². The van der Waals surface area contributed by atoms with Gasteiger partial charge in [0.25, 0.3) is 5.91 Å². The molecule has 90 valence electrons. The van der Waals surface area contributed by atoms with Gasteiger partial charge >= 0.3 is 0 Å². The number of carbonyl (C=O) groups is 1. The standard InChI is InChI=1S/C11H18N2O2S/c1-6-8(12)5-9(16-6)10(15)13-11(3,4)7(2)14/h5,7,14H,12H2,1-4H3,(H,13,15). The Hall–Kier alpha value is -1.07. The van der Waals surface area contributed by atoms with Crippen LogP contribution in [0.25, 0.3) is 0 Å². The number of carbonyl (C=O) groups excluding carboxylic acids is 1. The highest BCUT2D eigenvalue weighted by Crippen LogP contribution is 2.24. The lowest BCUT2D eigenvalue weighted by Gasteiger charge is -2.29. The molecule has 1 aromatic heterocycles. The number of nitrogens with two attached hydrogens (primary N) is 1. The van der Waals surface area contributed by atoms with Gasteiger partial charge in [-0.15, -0.1) is 11.3 Å². The largest absolute Gasteiger partial charge is 0.398 e. The van der Waals surface area contributed by atoms with Crippen molar-refractivity contribution in [1.29, 1.82) is 0 Å². The molecule has 5 heteroatoms. The summed E-state index contributed by atoms with van der Waals surface area (Å²) in [7, 11) is 0. The number of aryl methyl sites for hydroxylation is 1. The second-order valence-electron chi connectivity index (χ2n) is 4.47. The molecule has 0 saturated heterocycles. The Balaban J connectivity index is 2.80. The van der Waals surface area contributed by atoms with Crippen LogP contribution in [0.15, 0.2) is 6.07 Å². The molecule has 0 radical (unpaired) electrons. The lowest BCUT2D eigenvalue weighted by molar-refractivity contribution is 0.0713. The predicted molar refractivity (Wildman–Crippen MR) is 66.7 cm³/mol. The van der Waals surface area contributed by atoms with Crippen LogP contribution in [0, 0.1) is 6.92 Å². The fourth-order valence-corrected chi connectivity index (χ4v) is 1.90. The van der Waals surface area contributed by atoms with E-state index in [1.165, 1.54) is 11.3 Å². The predicted octanol–water partition coefficient (Wildman–Crippen LogP) is 1.53. The zero-order valence-electron chi connectivity index (χ0n) is 10.00. The monoisotopic (exact) mass is 242 g/mol. The smallest absolute Gasteiger partial charge is 0.261 e. The fraction of sp³-hybridized carbons (Fsp3) is 0.545. The van der Waals surface area contributed by atoms with Crippen molar-refractivity contribution in [1.82, 2.24) is 5.32 Å².